The van der Waals surface area contributed by atoms with Gasteiger partial charge in [0, 0.05) is 11.9 Å². The summed E-state index contributed by atoms with van der Waals surface area (Å²) in [7, 11) is 0. The standard InChI is InChI=1S/C18H14N4O2/c1-12-9-10-19-18-20-16(21-22(12)18)17(23)24-11-14-7-4-6-13-5-2-3-8-15(13)14/h2-10H,11H2,1H3. The van der Waals surface area contributed by atoms with E-state index in [-0.39, 0.29) is 12.4 Å². The normalized spacial score (nSPS) is 11.0. The van der Waals surface area contributed by atoms with Crippen LogP contribution in [0, 0.1) is 6.92 Å². The topological polar surface area (TPSA) is 69.4 Å². The number of carbonyl (C=O) groups is 1. The number of hydrogen-bond donors (Lipinski definition) is 0. The molecule has 0 aliphatic heterocycles. The lowest BCUT2D eigenvalue weighted by atomic mass is 10.1. The van der Waals surface area contributed by atoms with Crippen molar-refractivity contribution in [2.75, 3.05) is 0 Å². The Hall–Kier alpha value is -3.28. The molecule has 0 aliphatic carbocycles. The van der Waals surface area contributed by atoms with Gasteiger partial charge in [-0.2, -0.15) is 4.98 Å². The number of aryl methyl sites for hydroxylation is 1. The Labute approximate surface area is 137 Å². The molecule has 0 saturated heterocycles. The van der Waals surface area contributed by atoms with Crippen LogP contribution < -0.4 is 0 Å². The Bertz CT molecular complexity index is 1050. The quantitative estimate of drug-likeness (QED) is 0.543. The van der Waals surface area contributed by atoms with Gasteiger partial charge in [0.15, 0.2) is 0 Å². The molecule has 0 fully saturated rings. The van der Waals surface area contributed by atoms with Gasteiger partial charge in [-0.05, 0) is 29.3 Å². The number of carbonyl (C=O) groups excluding carboxylic acids is 1. The summed E-state index contributed by atoms with van der Waals surface area (Å²) >= 11 is 0. The van der Waals surface area contributed by atoms with Gasteiger partial charge < -0.3 is 4.74 Å². The lowest BCUT2D eigenvalue weighted by molar-refractivity contribution is 0.0460. The maximum Gasteiger partial charge on any atom is 0.378 e. The average molecular weight is 318 g/mol. The van der Waals surface area contributed by atoms with Gasteiger partial charge in [-0.25, -0.2) is 14.3 Å². The second-order valence-corrected chi connectivity index (χ2v) is 5.45. The summed E-state index contributed by atoms with van der Waals surface area (Å²) in [6.45, 7) is 2.04. The zero-order valence-electron chi connectivity index (χ0n) is 13.0. The van der Waals surface area contributed by atoms with E-state index in [1.54, 1.807) is 12.3 Å². The summed E-state index contributed by atoms with van der Waals surface area (Å²) in [5.41, 5.74) is 1.79. The third-order valence-electron chi connectivity index (χ3n) is 3.85. The summed E-state index contributed by atoms with van der Waals surface area (Å²) in [5, 5.41) is 6.33. The minimum Gasteiger partial charge on any atom is -0.455 e. The van der Waals surface area contributed by atoms with Crippen LogP contribution in [0.3, 0.4) is 0 Å². The molecule has 2 aromatic carbocycles. The van der Waals surface area contributed by atoms with Gasteiger partial charge in [0.25, 0.3) is 11.6 Å². The summed E-state index contributed by atoms with van der Waals surface area (Å²) in [5.74, 6) is -0.169. The highest BCUT2D eigenvalue weighted by atomic mass is 16.5. The molecule has 6 nitrogen and oxygen atoms in total. The Morgan fingerprint density at radius 2 is 1.96 bits per heavy atom. The van der Waals surface area contributed by atoms with E-state index >= 15 is 0 Å². The van der Waals surface area contributed by atoms with Gasteiger partial charge in [-0.15, -0.1) is 5.10 Å². The van der Waals surface area contributed by atoms with Gasteiger partial charge >= 0.3 is 5.97 Å². The SMILES string of the molecule is Cc1ccnc2nc(C(=O)OCc3cccc4ccccc34)nn12. The lowest BCUT2D eigenvalue weighted by Crippen LogP contribution is -2.08. The number of fused-ring (bicyclic) bond motifs is 2. The van der Waals surface area contributed by atoms with E-state index in [4.69, 9.17) is 4.74 Å². The number of hydrogen-bond acceptors (Lipinski definition) is 5. The molecule has 0 saturated carbocycles. The van der Waals surface area contributed by atoms with Gasteiger partial charge in [0.2, 0.25) is 0 Å². The van der Waals surface area contributed by atoms with Crippen LogP contribution in [0.15, 0.2) is 54.7 Å². The van der Waals surface area contributed by atoms with Gasteiger partial charge in [-0.1, -0.05) is 42.5 Å². The van der Waals surface area contributed by atoms with Gasteiger partial charge in [0.05, 0.1) is 0 Å². The first-order valence-electron chi connectivity index (χ1n) is 7.54. The first-order chi connectivity index (χ1) is 11.7. The van der Waals surface area contributed by atoms with Crippen molar-refractivity contribution in [3.05, 3.63) is 71.8 Å². The molecule has 0 radical (unpaired) electrons. The van der Waals surface area contributed by atoms with Crippen LogP contribution in [0.2, 0.25) is 0 Å². The molecule has 0 atom stereocenters. The Morgan fingerprint density at radius 1 is 1.12 bits per heavy atom. The highest BCUT2D eigenvalue weighted by Crippen LogP contribution is 2.19. The highest BCUT2D eigenvalue weighted by Gasteiger charge is 2.16. The molecule has 6 heteroatoms. The van der Waals surface area contributed by atoms with Crippen LogP contribution in [0.25, 0.3) is 16.6 Å². The van der Waals surface area contributed by atoms with Gasteiger partial charge in [-0.3, -0.25) is 0 Å². The van der Waals surface area contributed by atoms with Crippen molar-refractivity contribution in [1.82, 2.24) is 19.6 Å². The molecular formula is C18H14N4O2. The number of nitrogens with zero attached hydrogens (tertiary/aromatic N) is 4. The molecule has 4 aromatic rings. The van der Waals surface area contributed by atoms with E-state index < -0.39 is 5.97 Å². The third kappa shape index (κ3) is 2.48. The molecule has 0 aliphatic rings. The number of aromatic nitrogens is 4. The number of benzene rings is 2. The first kappa shape index (κ1) is 14.3. The summed E-state index contributed by atoms with van der Waals surface area (Å²) in [6, 6.07) is 15.7. The Morgan fingerprint density at radius 3 is 2.83 bits per heavy atom. The highest BCUT2D eigenvalue weighted by molar-refractivity contribution is 5.87. The van der Waals surface area contributed by atoms with E-state index in [1.165, 1.54) is 4.52 Å². The van der Waals surface area contributed by atoms with E-state index in [1.807, 2.05) is 49.4 Å². The second kappa shape index (κ2) is 5.73. The van der Waals surface area contributed by atoms with E-state index in [9.17, 15) is 4.79 Å². The zero-order chi connectivity index (χ0) is 16.5. The van der Waals surface area contributed by atoms with Crippen LogP contribution in [0.5, 0.6) is 0 Å². The monoisotopic (exact) mass is 318 g/mol. The van der Waals surface area contributed by atoms with Crippen LogP contribution in [-0.2, 0) is 11.3 Å². The van der Waals surface area contributed by atoms with Crippen molar-refractivity contribution in [3.63, 3.8) is 0 Å². The van der Waals surface area contributed by atoms with E-state index in [0.29, 0.717) is 5.78 Å². The number of ether oxygens (including phenoxy) is 1. The minimum atomic E-state index is -0.562. The Balaban J connectivity index is 1.58. The molecule has 0 unspecified atom stereocenters. The third-order valence-corrected chi connectivity index (χ3v) is 3.85. The number of rotatable bonds is 3. The maximum absolute atomic E-state index is 12.2. The van der Waals surface area contributed by atoms with Crippen LogP contribution >= 0.6 is 0 Å². The van der Waals surface area contributed by atoms with Crippen LogP contribution in [0.4, 0.5) is 0 Å². The fourth-order valence-corrected chi connectivity index (χ4v) is 2.62. The molecule has 118 valence electrons. The summed E-state index contributed by atoms with van der Waals surface area (Å²) in [4.78, 5) is 20.4. The molecule has 2 heterocycles. The molecule has 0 bridgehead atoms. The fourth-order valence-electron chi connectivity index (χ4n) is 2.62. The van der Waals surface area contributed by atoms with Crippen molar-refractivity contribution in [2.45, 2.75) is 13.5 Å². The first-order valence-corrected chi connectivity index (χ1v) is 7.54. The fraction of sp³-hybridized carbons (Fsp3) is 0.111. The molecule has 4 rings (SSSR count). The van der Waals surface area contributed by atoms with E-state index in [0.717, 1.165) is 22.0 Å². The van der Waals surface area contributed by atoms with Crippen LogP contribution in [-0.4, -0.2) is 25.6 Å². The van der Waals surface area contributed by atoms with Crippen LogP contribution in [0.1, 0.15) is 21.9 Å². The Kier molecular flexibility index (Phi) is 3.42. The molecule has 0 amide bonds. The van der Waals surface area contributed by atoms with Crippen molar-refractivity contribution in [1.29, 1.82) is 0 Å². The second-order valence-electron chi connectivity index (χ2n) is 5.45. The average Bonchev–Trinajstić information content (AvgIpc) is 3.05. The largest absolute Gasteiger partial charge is 0.455 e. The maximum atomic E-state index is 12.2. The molecule has 0 N–H and O–H groups in total. The van der Waals surface area contributed by atoms with Crippen molar-refractivity contribution in [2.24, 2.45) is 0 Å². The summed E-state index contributed by atoms with van der Waals surface area (Å²) in [6.07, 6.45) is 1.63. The van der Waals surface area contributed by atoms with Gasteiger partial charge in [0.1, 0.15) is 6.61 Å². The van der Waals surface area contributed by atoms with Crippen molar-refractivity contribution >= 4 is 22.5 Å². The predicted molar refractivity (Wildman–Crippen MR) is 88.6 cm³/mol. The van der Waals surface area contributed by atoms with Crippen molar-refractivity contribution < 1.29 is 9.53 Å². The number of esters is 1. The smallest absolute Gasteiger partial charge is 0.378 e. The molecular weight excluding hydrogens is 304 g/mol. The molecule has 24 heavy (non-hydrogen) atoms. The lowest BCUT2D eigenvalue weighted by Gasteiger charge is -2.06. The summed E-state index contributed by atoms with van der Waals surface area (Å²) < 4.78 is 6.91. The zero-order valence-corrected chi connectivity index (χ0v) is 13.0. The minimum absolute atomic E-state index is 0.0111. The molecule has 2 aromatic heterocycles. The predicted octanol–water partition coefficient (Wildman–Crippen LogP) is 2.94. The van der Waals surface area contributed by atoms with Crippen molar-refractivity contribution in [3.8, 4) is 0 Å². The molecule has 0 spiro atoms. The van der Waals surface area contributed by atoms with E-state index in [2.05, 4.69) is 15.1 Å².